The summed E-state index contributed by atoms with van der Waals surface area (Å²) in [6, 6.07) is 0. The fourth-order valence-electron chi connectivity index (χ4n) is 1.55. The van der Waals surface area contributed by atoms with Gasteiger partial charge in [0.1, 0.15) is 22.4 Å². The van der Waals surface area contributed by atoms with Crippen molar-refractivity contribution < 1.29 is 0 Å². The van der Waals surface area contributed by atoms with Crippen molar-refractivity contribution in [3.63, 3.8) is 0 Å². The molecule has 0 spiro atoms. The Bertz CT molecular complexity index is 484. The molecule has 0 radical (unpaired) electrons. The highest BCUT2D eigenvalue weighted by Crippen LogP contribution is 2.25. The molecule has 0 aromatic carbocycles. The van der Waals surface area contributed by atoms with E-state index in [0.717, 1.165) is 35.6 Å². The Morgan fingerprint density at radius 2 is 2.17 bits per heavy atom. The second kappa shape index (κ2) is 6.34. The molecule has 2 rings (SSSR count). The Morgan fingerprint density at radius 3 is 2.89 bits per heavy atom. The molecule has 2 N–H and O–H groups in total. The molecule has 6 nitrogen and oxygen atoms in total. The summed E-state index contributed by atoms with van der Waals surface area (Å²) < 4.78 is 2.91. The van der Waals surface area contributed by atoms with Crippen LogP contribution in [0.1, 0.15) is 6.42 Å². The van der Waals surface area contributed by atoms with Crippen LogP contribution in [0.15, 0.2) is 29.5 Å². The Hall–Kier alpha value is -1.63. The zero-order valence-electron chi connectivity index (χ0n) is 10.1. The van der Waals surface area contributed by atoms with E-state index in [1.54, 1.807) is 6.20 Å². The lowest BCUT2D eigenvalue weighted by Crippen LogP contribution is -2.08. The summed E-state index contributed by atoms with van der Waals surface area (Å²) in [6.07, 6.45) is 8.10. The minimum Gasteiger partial charge on any atom is -0.372 e. The molecule has 0 fully saturated rings. The van der Waals surface area contributed by atoms with E-state index in [1.165, 1.54) is 6.33 Å². The third-order valence-electron chi connectivity index (χ3n) is 2.47. The molecule has 2 heterocycles. The zero-order chi connectivity index (χ0) is 12.8. The molecular weight excluding hydrogens is 296 g/mol. The number of hydrogen-bond acceptors (Lipinski definition) is 5. The van der Waals surface area contributed by atoms with Gasteiger partial charge >= 0.3 is 0 Å². The quantitative estimate of drug-likeness (QED) is 0.799. The first-order valence-electron chi connectivity index (χ1n) is 5.69. The van der Waals surface area contributed by atoms with Gasteiger partial charge in [-0.3, -0.25) is 0 Å². The normalized spacial score (nSPS) is 10.3. The summed E-state index contributed by atoms with van der Waals surface area (Å²) in [5.74, 6) is 1.59. The molecule has 2 aromatic heterocycles. The summed E-state index contributed by atoms with van der Waals surface area (Å²) in [7, 11) is 1.83. The van der Waals surface area contributed by atoms with Crippen molar-refractivity contribution in [1.29, 1.82) is 0 Å². The lowest BCUT2D eigenvalue weighted by atomic mass is 10.4. The minimum absolute atomic E-state index is 0.780. The molecule has 2 aromatic rings. The molecule has 96 valence electrons. The number of nitrogens with one attached hydrogen (secondary N) is 2. The molecule has 0 atom stereocenters. The molecule has 0 unspecified atom stereocenters. The van der Waals surface area contributed by atoms with Crippen molar-refractivity contribution in [2.45, 2.75) is 13.0 Å². The SMILES string of the molecule is CNc1ncnc(NCCCn2ccnc2)c1Br. The van der Waals surface area contributed by atoms with Crippen LogP contribution in [0.5, 0.6) is 0 Å². The molecule has 0 aliphatic heterocycles. The van der Waals surface area contributed by atoms with E-state index in [9.17, 15) is 0 Å². The molecule has 0 aliphatic carbocycles. The number of aryl methyl sites for hydroxylation is 1. The molecular formula is C11H15BrN6. The van der Waals surface area contributed by atoms with Gasteiger partial charge in [-0.2, -0.15) is 0 Å². The molecule has 0 saturated heterocycles. The van der Waals surface area contributed by atoms with Crippen LogP contribution in [0.4, 0.5) is 11.6 Å². The molecule has 7 heteroatoms. The summed E-state index contributed by atoms with van der Waals surface area (Å²) >= 11 is 3.47. The topological polar surface area (TPSA) is 67.7 Å². The van der Waals surface area contributed by atoms with E-state index in [4.69, 9.17) is 0 Å². The van der Waals surface area contributed by atoms with Crippen molar-refractivity contribution in [3.8, 4) is 0 Å². The summed E-state index contributed by atoms with van der Waals surface area (Å²) in [5, 5.41) is 6.28. The van der Waals surface area contributed by atoms with E-state index >= 15 is 0 Å². The van der Waals surface area contributed by atoms with Crippen LogP contribution in [-0.2, 0) is 6.54 Å². The highest BCUT2D eigenvalue weighted by molar-refractivity contribution is 9.10. The highest BCUT2D eigenvalue weighted by Gasteiger charge is 2.06. The van der Waals surface area contributed by atoms with Crippen LogP contribution in [0.3, 0.4) is 0 Å². The Kier molecular flexibility index (Phi) is 4.52. The van der Waals surface area contributed by atoms with E-state index < -0.39 is 0 Å². The zero-order valence-corrected chi connectivity index (χ0v) is 11.7. The number of halogens is 1. The molecule has 0 saturated carbocycles. The maximum atomic E-state index is 4.19. The van der Waals surface area contributed by atoms with Crippen LogP contribution < -0.4 is 10.6 Å². The Labute approximate surface area is 114 Å². The van der Waals surface area contributed by atoms with Crippen LogP contribution in [0, 0.1) is 0 Å². The Balaban J connectivity index is 1.83. The van der Waals surface area contributed by atoms with Gasteiger partial charge in [-0.25, -0.2) is 15.0 Å². The van der Waals surface area contributed by atoms with E-state index in [1.807, 2.05) is 19.6 Å². The number of imidazole rings is 1. The molecule has 0 amide bonds. The minimum atomic E-state index is 0.780. The maximum Gasteiger partial charge on any atom is 0.145 e. The maximum absolute atomic E-state index is 4.19. The Morgan fingerprint density at radius 1 is 1.33 bits per heavy atom. The second-order valence-electron chi connectivity index (χ2n) is 3.72. The second-order valence-corrected chi connectivity index (χ2v) is 4.51. The van der Waals surface area contributed by atoms with Crippen LogP contribution in [-0.4, -0.2) is 33.1 Å². The molecule has 18 heavy (non-hydrogen) atoms. The average Bonchev–Trinajstić information content (AvgIpc) is 2.89. The lowest BCUT2D eigenvalue weighted by molar-refractivity contribution is 0.660. The number of hydrogen-bond donors (Lipinski definition) is 2. The molecule has 0 bridgehead atoms. The summed E-state index contributed by atoms with van der Waals surface area (Å²) in [5.41, 5.74) is 0. The third-order valence-corrected chi connectivity index (χ3v) is 3.22. The lowest BCUT2D eigenvalue weighted by Gasteiger charge is -2.09. The van der Waals surface area contributed by atoms with Gasteiger partial charge in [0.2, 0.25) is 0 Å². The van der Waals surface area contributed by atoms with Crippen molar-refractivity contribution in [2.75, 3.05) is 24.2 Å². The van der Waals surface area contributed by atoms with Crippen LogP contribution >= 0.6 is 15.9 Å². The van der Waals surface area contributed by atoms with Gasteiger partial charge in [0.25, 0.3) is 0 Å². The first kappa shape index (κ1) is 12.8. The monoisotopic (exact) mass is 310 g/mol. The van der Waals surface area contributed by atoms with Gasteiger partial charge in [-0.1, -0.05) is 0 Å². The van der Waals surface area contributed by atoms with Gasteiger partial charge < -0.3 is 15.2 Å². The van der Waals surface area contributed by atoms with Gasteiger partial charge in [-0.15, -0.1) is 0 Å². The van der Waals surface area contributed by atoms with Crippen molar-refractivity contribution in [2.24, 2.45) is 0 Å². The van der Waals surface area contributed by atoms with Crippen molar-refractivity contribution >= 4 is 27.6 Å². The fraction of sp³-hybridized carbons (Fsp3) is 0.364. The first-order valence-corrected chi connectivity index (χ1v) is 6.48. The fourth-order valence-corrected chi connectivity index (χ4v) is 2.10. The predicted octanol–water partition coefficient (Wildman–Crippen LogP) is 1.98. The van der Waals surface area contributed by atoms with Crippen LogP contribution in [0.2, 0.25) is 0 Å². The number of rotatable bonds is 6. The van der Waals surface area contributed by atoms with Gasteiger partial charge in [0, 0.05) is 32.5 Å². The molecule has 0 aliphatic rings. The smallest absolute Gasteiger partial charge is 0.145 e. The number of nitrogens with zero attached hydrogens (tertiary/aromatic N) is 4. The van der Waals surface area contributed by atoms with Gasteiger partial charge in [0.05, 0.1) is 6.33 Å². The predicted molar refractivity (Wildman–Crippen MR) is 74.6 cm³/mol. The highest BCUT2D eigenvalue weighted by atomic mass is 79.9. The van der Waals surface area contributed by atoms with Gasteiger partial charge in [0.15, 0.2) is 0 Å². The van der Waals surface area contributed by atoms with Crippen molar-refractivity contribution in [3.05, 3.63) is 29.5 Å². The van der Waals surface area contributed by atoms with Crippen molar-refractivity contribution in [1.82, 2.24) is 19.5 Å². The number of anilines is 2. The van der Waals surface area contributed by atoms with Crippen LogP contribution in [0.25, 0.3) is 0 Å². The van der Waals surface area contributed by atoms with E-state index in [-0.39, 0.29) is 0 Å². The number of aromatic nitrogens is 4. The van der Waals surface area contributed by atoms with E-state index in [2.05, 4.69) is 46.1 Å². The van der Waals surface area contributed by atoms with Gasteiger partial charge in [-0.05, 0) is 22.4 Å². The largest absolute Gasteiger partial charge is 0.372 e. The summed E-state index contributed by atoms with van der Waals surface area (Å²) in [4.78, 5) is 12.3. The average molecular weight is 311 g/mol. The standard InChI is InChI=1S/C11H15BrN6/c1-13-10-9(12)11(17-7-16-10)15-3-2-5-18-6-4-14-8-18/h4,6-8H,2-3,5H2,1H3,(H2,13,15,16,17). The first-order chi connectivity index (χ1) is 8.81. The summed E-state index contributed by atoms with van der Waals surface area (Å²) in [6.45, 7) is 1.78. The van der Waals surface area contributed by atoms with E-state index in [0.29, 0.717) is 0 Å². The third kappa shape index (κ3) is 3.19.